The lowest BCUT2D eigenvalue weighted by Crippen LogP contribution is -2.14. The molecular formula is C8H3ClF5NO2. The number of hydrogen-bond donors (Lipinski definition) is 1. The molecule has 0 unspecified atom stereocenters. The number of carboxylic acids is 1. The summed E-state index contributed by atoms with van der Waals surface area (Å²) < 4.78 is 61.7. The van der Waals surface area contributed by atoms with Gasteiger partial charge in [-0.3, -0.25) is 0 Å². The average Bonchev–Trinajstić information content (AvgIpc) is 2.14. The monoisotopic (exact) mass is 275 g/mol. The zero-order chi connectivity index (χ0) is 13.4. The fourth-order valence-electron chi connectivity index (χ4n) is 1.05. The van der Waals surface area contributed by atoms with Crippen LogP contribution in [0.5, 0.6) is 0 Å². The molecule has 9 heteroatoms. The molecule has 0 radical (unpaired) electrons. The van der Waals surface area contributed by atoms with Crippen LogP contribution in [-0.4, -0.2) is 16.1 Å². The molecule has 94 valence electrons. The standard InChI is InChI=1S/C8H3ClF5NO2/c9-3-1-2(8(12,13)14)4(6(10)11)15-5(3)7(16)17/h1,6H,(H,16,17). The first kappa shape index (κ1) is 13.6. The largest absolute Gasteiger partial charge is 0.476 e. The molecule has 1 rings (SSSR count). The van der Waals surface area contributed by atoms with Crippen molar-refractivity contribution < 1.29 is 31.9 Å². The van der Waals surface area contributed by atoms with Gasteiger partial charge in [0.15, 0.2) is 5.69 Å². The van der Waals surface area contributed by atoms with Gasteiger partial charge in [0.2, 0.25) is 0 Å². The molecule has 17 heavy (non-hydrogen) atoms. The molecule has 0 saturated carbocycles. The van der Waals surface area contributed by atoms with Crippen LogP contribution in [0.4, 0.5) is 22.0 Å². The van der Waals surface area contributed by atoms with Gasteiger partial charge in [-0.1, -0.05) is 11.6 Å². The number of nitrogens with zero attached hydrogens (tertiary/aromatic N) is 1. The highest BCUT2D eigenvalue weighted by Gasteiger charge is 2.38. The van der Waals surface area contributed by atoms with Crippen molar-refractivity contribution in [3.8, 4) is 0 Å². The summed E-state index contributed by atoms with van der Waals surface area (Å²) in [6.07, 6.45) is -8.64. The van der Waals surface area contributed by atoms with Crippen molar-refractivity contribution in [2.24, 2.45) is 0 Å². The molecule has 0 aliphatic heterocycles. The Morgan fingerprint density at radius 3 is 2.29 bits per heavy atom. The molecule has 1 aromatic heterocycles. The van der Waals surface area contributed by atoms with E-state index in [1.54, 1.807) is 0 Å². The van der Waals surface area contributed by atoms with Crippen LogP contribution >= 0.6 is 11.6 Å². The maximum atomic E-state index is 12.3. The lowest BCUT2D eigenvalue weighted by molar-refractivity contribution is -0.140. The molecule has 0 fully saturated rings. The second-order valence-electron chi connectivity index (χ2n) is 2.86. The Morgan fingerprint density at radius 2 is 1.94 bits per heavy atom. The molecule has 0 aromatic carbocycles. The topological polar surface area (TPSA) is 50.2 Å². The number of aromatic nitrogens is 1. The first-order valence-corrected chi connectivity index (χ1v) is 4.31. The van der Waals surface area contributed by atoms with E-state index in [0.29, 0.717) is 0 Å². The van der Waals surface area contributed by atoms with E-state index in [-0.39, 0.29) is 6.07 Å². The summed E-state index contributed by atoms with van der Waals surface area (Å²) in [5.41, 5.74) is -4.45. The summed E-state index contributed by atoms with van der Waals surface area (Å²) in [4.78, 5) is 13.2. The Kier molecular flexibility index (Phi) is 3.56. The van der Waals surface area contributed by atoms with Gasteiger partial charge in [-0.05, 0) is 6.07 Å². The smallest absolute Gasteiger partial charge is 0.418 e. The lowest BCUT2D eigenvalue weighted by atomic mass is 10.1. The summed E-state index contributed by atoms with van der Waals surface area (Å²) in [5, 5.41) is 7.64. The summed E-state index contributed by atoms with van der Waals surface area (Å²) >= 11 is 5.22. The van der Waals surface area contributed by atoms with Crippen LogP contribution in [0.2, 0.25) is 5.02 Å². The van der Waals surface area contributed by atoms with Gasteiger partial charge in [0.1, 0.15) is 5.69 Å². The quantitative estimate of drug-likeness (QED) is 0.842. The van der Waals surface area contributed by atoms with Crippen LogP contribution in [0.1, 0.15) is 28.2 Å². The van der Waals surface area contributed by atoms with Crippen molar-refractivity contribution in [2.75, 3.05) is 0 Å². The second-order valence-corrected chi connectivity index (χ2v) is 3.26. The number of carbonyl (C=O) groups is 1. The third-order valence-corrected chi connectivity index (χ3v) is 2.01. The van der Waals surface area contributed by atoms with Crippen LogP contribution < -0.4 is 0 Å². The number of pyridine rings is 1. The van der Waals surface area contributed by atoms with E-state index in [1.807, 2.05) is 0 Å². The fourth-order valence-corrected chi connectivity index (χ4v) is 1.28. The normalized spacial score (nSPS) is 11.9. The fraction of sp³-hybridized carbons (Fsp3) is 0.250. The molecule has 1 aromatic rings. The highest BCUT2D eigenvalue weighted by molar-refractivity contribution is 6.33. The van der Waals surface area contributed by atoms with Gasteiger partial charge in [0, 0.05) is 0 Å². The van der Waals surface area contributed by atoms with Gasteiger partial charge in [-0.15, -0.1) is 0 Å². The summed E-state index contributed by atoms with van der Waals surface area (Å²) in [5.74, 6) is -1.79. The van der Waals surface area contributed by atoms with E-state index >= 15 is 0 Å². The Morgan fingerprint density at radius 1 is 1.41 bits per heavy atom. The maximum Gasteiger partial charge on any atom is 0.418 e. The predicted molar refractivity (Wildman–Crippen MR) is 46.2 cm³/mol. The van der Waals surface area contributed by atoms with Crippen molar-refractivity contribution in [3.05, 3.63) is 28.0 Å². The Balaban J connectivity index is 3.53. The third-order valence-electron chi connectivity index (χ3n) is 1.72. The molecule has 0 atom stereocenters. The van der Waals surface area contributed by atoms with Crippen molar-refractivity contribution in [1.29, 1.82) is 0 Å². The molecule has 0 spiro atoms. The van der Waals surface area contributed by atoms with Crippen LogP contribution in [0.25, 0.3) is 0 Å². The zero-order valence-electron chi connectivity index (χ0n) is 7.73. The van der Waals surface area contributed by atoms with E-state index in [1.165, 1.54) is 0 Å². The predicted octanol–water partition coefficient (Wildman–Crippen LogP) is 3.39. The van der Waals surface area contributed by atoms with Gasteiger partial charge >= 0.3 is 12.1 Å². The third kappa shape index (κ3) is 2.82. The first-order chi connectivity index (χ1) is 7.64. The van der Waals surface area contributed by atoms with E-state index in [2.05, 4.69) is 4.98 Å². The van der Waals surface area contributed by atoms with Gasteiger partial charge in [-0.2, -0.15) is 13.2 Å². The van der Waals surface area contributed by atoms with E-state index in [0.717, 1.165) is 0 Å². The maximum absolute atomic E-state index is 12.3. The number of rotatable bonds is 2. The molecule has 0 saturated heterocycles. The Hall–Kier alpha value is -1.44. The van der Waals surface area contributed by atoms with E-state index in [9.17, 15) is 26.7 Å². The summed E-state index contributed by atoms with van der Waals surface area (Å²) in [7, 11) is 0. The van der Waals surface area contributed by atoms with Crippen molar-refractivity contribution in [1.82, 2.24) is 4.98 Å². The molecular weight excluding hydrogens is 273 g/mol. The SMILES string of the molecule is O=C(O)c1nc(C(F)F)c(C(F)(F)F)cc1Cl. The van der Waals surface area contributed by atoms with E-state index < -0.39 is 40.5 Å². The minimum atomic E-state index is -5.08. The van der Waals surface area contributed by atoms with Crippen molar-refractivity contribution in [3.63, 3.8) is 0 Å². The first-order valence-electron chi connectivity index (χ1n) is 3.93. The van der Waals surface area contributed by atoms with Crippen LogP contribution in [0.3, 0.4) is 0 Å². The minimum absolute atomic E-state index is 0.125. The number of hydrogen-bond acceptors (Lipinski definition) is 2. The second kappa shape index (κ2) is 4.44. The highest BCUT2D eigenvalue weighted by atomic mass is 35.5. The summed E-state index contributed by atoms with van der Waals surface area (Å²) in [6.45, 7) is 0. The molecule has 3 nitrogen and oxygen atoms in total. The molecule has 1 N–H and O–H groups in total. The number of aromatic carboxylic acids is 1. The summed E-state index contributed by atoms with van der Waals surface area (Å²) in [6, 6.07) is 0.125. The van der Waals surface area contributed by atoms with Crippen LogP contribution in [0.15, 0.2) is 6.07 Å². The minimum Gasteiger partial charge on any atom is -0.476 e. The van der Waals surface area contributed by atoms with Crippen molar-refractivity contribution in [2.45, 2.75) is 12.6 Å². The van der Waals surface area contributed by atoms with Gasteiger partial charge in [0.25, 0.3) is 6.43 Å². The zero-order valence-corrected chi connectivity index (χ0v) is 8.48. The molecule has 0 aliphatic rings. The number of alkyl halides is 5. The number of halogens is 6. The Labute approximate surface area is 95.8 Å². The molecule has 0 amide bonds. The van der Waals surface area contributed by atoms with Crippen LogP contribution in [-0.2, 0) is 6.18 Å². The molecule has 0 bridgehead atoms. The average molecular weight is 276 g/mol. The number of carboxylic acid groups (broad SMARTS) is 1. The van der Waals surface area contributed by atoms with Crippen LogP contribution in [0, 0.1) is 0 Å². The highest BCUT2D eigenvalue weighted by Crippen LogP contribution is 2.37. The van der Waals surface area contributed by atoms with Gasteiger partial charge in [-0.25, -0.2) is 18.6 Å². The molecule has 1 heterocycles. The lowest BCUT2D eigenvalue weighted by Gasteiger charge is -2.12. The molecule has 0 aliphatic carbocycles. The van der Waals surface area contributed by atoms with Crippen molar-refractivity contribution >= 4 is 17.6 Å². The Bertz CT molecular complexity index is 460. The van der Waals surface area contributed by atoms with Gasteiger partial charge in [0.05, 0.1) is 10.6 Å². The van der Waals surface area contributed by atoms with E-state index in [4.69, 9.17) is 16.7 Å². The van der Waals surface area contributed by atoms with Gasteiger partial charge < -0.3 is 5.11 Å².